The van der Waals surface area contributed by atoms with Gasteiger partial charge >= 0.3 is 0 Å². The predicted octanol–water partition coefficient (Wildman–Crippen LogP) is 2.91. The molecule has 0 amide bonds. The molecule has 0 radical (unpaired) electrons. The number of halogens is 1. The Hall–Kier alpha value is -0.980. The van der Waals surface area contributed by atoms with Gasteiger partial charge in [0.1, 0.15) is 5.75 Å². The van der Waals surface area contributed by atoms with Crippen molar-refractivity contribution < 1.29 is 4.74 Å². The number of nitrogens with one attached hydrogen (secondary N) is 1. The third-order valence-electron chi connectivity index (χ3n) is 3.05. The van der Waals surface area contributed by atoms with Crippen molar-refractivity contribution in [3.63, 3.8) is 0 Å². The summed E-state index contributed by atoms with van der Waals surface area (Å²) < 4.78 is 5.26. The van der Waals surface area contributed by atoms with Crippen molar-refractivity contribution in [2.45, 2.75) is 32.6 Å². The van der Waals surface area contributed by atoms with Crippen molar-refractivity contribution >= 4 is 29.9 Å². The van der Waals surface area contributed by atoms with Crippen LogP contribution in [0.15, 0.2) is 29.3 Å². The topological polar surface area (TPSA) is 59.6 Å². The molecule has 5 heteroatoms. The first-order valence-electron chi connectivity index (χ1n) is 6.68. The number of benzene rings is 1. The van der Waals surface area contributed by atoms with E-state index in [9.17, 15) is 0 Å². The molecule has 0 unspecified atom stereocenters. The molecule has 0 atom stereocenters. The van der Waals surface area contributed by atoms with Crippen LogP contribution in [0.5, 0.6) is 5.75 Å². The van der Waals surface area contributed by atoms with Gasteiger partial charge in [0.05, 0.1) is 13.7 Å². The lowest BCUT2D eigenvalue weighted by molar-refractivity contribution is 0.412. The van der Waals surface area contributed by atoms with E-state index in [2.05, 4.69) is 37.1 Å². The standard InChI is InChI=1S/C15H25N3O.HI/c1-5-9-17-14(16)18-11-15(2,3)12-7-6-8-13(10-12)19-4;/h6-8,10H,5,9,11H2,1-4H3,(H3,16,17,18);1H. The monoisotopic (exact) mass is 391 g/mol. The molecule has 0 fully saturated rings. The van der Waals surface area contributed by atoms with E-state index in [1.165, 1.54) is 5.56 Å². The summed E-state index contributed by atoms with van der Waals surface area (Å²) in [6.45, 7) is 7.90. The van der Waals surface area contributed by atoms with E-state index < -0.39 is 0 Å². The van der Waals surface area contributed by atoms with Crippen molar-refractivity contribution in [3.8, 4) is 5.75 Å². The molecule has 0 bridgehead atoms. The van der Waals surface area contributed by atoms with Crippen LogP contribution >= 0.6 is 24.0 Å². The summed E-state index contributed by atoms with van der Waals surface area (Å²) in [5.74, 6) is 1.38. The second-order valence-corrected chi connectivity index (χ2v) is 5.24. The second kappa shape index (κ2) is 9.05. The first-order valence-corrected chi connectivity index (χ1v) is 6.68. The van der Waals surface area contributed by atoms with E-state index in [-0.39, 0.29) is 29.4 Å². The van der Waals surface area contributed by atoms with Crippen molar-refractivity contribution in [3.05, 3.63) is 29.8 Å². The number of nitrogens with two attached hydrogens (primary N) is 1. The third-order valence-corrected chi connectivity index (χ3v) is 3.05. The molecule has 1 rings (SSSR count). The summed E-state index contributed by atoms with van der Waals surface area (Å²) in [5, 5.41) is 3.08. The quantitative estimate of drug-likeness (QED) is 0.446. The molecule has 0 aliphatic heterocycles. The summed E-state index contributed by atoms with van der Waals surface area (Å²) in [4.78, 5) is 4.41. The molecule has 0 spiro atoms. The number of hydrogen-bond donors (Lipinski definition) is 2. The van der Waals surface area contributed by atoms with Crippen LogP contribution in [-0.2, 0) is 5.41 Å². The molecule has 4 nitrogen and oxygen atoms in total. The Labute approximate surface area is 139 Å². The molecule has 3 N–H and O–H groups in total. The number of guanidine groups is 1. The molecule has 0 aromatic heterocycles. The molecular weight excluding hydrogens is 365 g/mol. The molecule has 1 aromatic rings. The lowest BCUT2D eigenvalue weighted by atomic mass is 9.85. The summed E-state index contributed by atoms with van der Waals surface area (Å²) in [6, 6.07) is 8.08. The molecular formula is C15H26IN3O. The van der Waals surface area contributed by atoms with Crippen LogP contribution in [0.4, 0.5) is 0 Å². The number of aliphatic imine (C=N–C) groups is 1. The van der Waals surface area contributed by atoms with Gasteiger partial charge in [0.2, 0.25) is 0 Å². The predicted molar refractivity (Wildman–Crippen MR) is 96.2 cm³/mol. The average Bonchev–Trinajstić information content (AvgIpc) is 2.43. The van der Waals surface area contributed by atoms with E-state index in [0.29, 0.717) is 12.5 Å². The van der Waals surface area contributed by atoms with Crippen molar-refractivity contribution in [2.24, 2.45) is 10.7 Å². The Morgan fingerprint density at radius 3 is 2.70 bits per heavy atom. The number of hydrogen-bond acceptors (Lipinski definition) is 2. The minimum Gasteiger partial charge on any atom is -0.497 e. The fourth-order valence-corrected chi connectivity index (χ4v) is 1.73. The highest BCUT2D eigenvalue weighted by Gasteiger charge is 2.20. The summed E-state index contributed by atoms with van der Waals surface area (Å²) in [7, 11) is 1.68. The molecule has 1 aromatic carbocycles. The van der Waals surface area contributed by atoms with Crippen molar-refractivity contribution in [1.82, 2.24) is 5.32 Å². The largest absolute Gasteiger partial charge is 0.497 e. The van der Waals surface area contributed by atoms with Gasteiger partial charge in [-0.1, -0.05) is 32.9 Å². The van der Waals surface area contributed by atoms with Crippen LogP contribution in [0.25, 0.3) is 0 Å². The number of ether oxygens (including phenoxy) is 1. The van der Waals surface area contributed by atoms with Crippen LogP contribution in [0.3, 0.4) is 0 Å². The molecule has 20 heavy (non-hydrogen) atoms. The minimum atomic E-state index is -0.0763. The van der Waals surface area contributed by atoms with Gasteiger partial charge in [0.15, 0.2) is 5.96 Å². The van der Waals surface area contributed by atoms with Gasteiger partial charge in [-0.25, -0.2) is 0 Å². The highest BCUT2D eigenvalue weighted by Crippen LogP contribution is 2.26. The Kier molecular flexibility index (Phi) is 8.60. The summed E-state index contributed by atoms with van der Waals surface area (Å²) >= 11 is 0. The second-order valence-electron chi connectivity index (χ2n) is 5.24. The van der Waals surface area contributed by atoms with Gasteiger partial charge in [-0.3, -0.25) is 4.99 Å². The fraction of sp³-hybridized carbons (Fsp3) is 0.533. The van der Waals surface area contributed by atoms with Gasteiger partial charge in [0, 0.05) is 12.0 Å². The van der Waals surface area contributed by atoms with E-state index in [1.807, 2.05) is 18.2 Å². The number of rotatable bonds is 6. The van der Waals surface area contributed by atoms with Crippen LogP contribution < -0.4 is 15.8 Å². The first-order chi connectivity index (χ1) is 8.99. The van der Waals surface area contributed by atoms with Crippen LogP contribution in [0.2, 0.25) is 0 Å². The normalized spacial score (nSPS) is 11.7. The SMILES string of the molecule is CCCNC(N)=NCC(C)(C)c1cccc(OC)c1.I. The molecule has 0 saturated heterocycles. The maximum atomic E-state index is 5.82. The van der Waals surface area contributed by atoms with E-state index in [4.69, 9.17) is 10.5 Å². The van der Waals surface area contributed by atoms with Crippen LogP contribution in [0, 0.1) is 0 Å². The highest BCUT2D eigenvalue weighted by atomic mass is 127. The maximum absolute atomic E-state index is 5.82. The smallest absolute Gasteiger partial charge is 0.188 e. The lowest BCUT2D eigenvalue weighted by Crippen LogP contribution is -2.34. The Morgan fingerprint density at radius 1 is 1.40 bits per heavy atom. The minimum absolute atomic E-state index is 0. The van der Waals surface area contributed by atoms with Crippen molar-refractivity contribution in [2.75, 3.05) is 20.2 Å². The van der Waals surface area contributed by atoms with Gasteiger partial charge in [-0.2, -0.15) is 0 Å². The summed E-state index contributed by atoms with van der Waals surface area (Å²) in [6.07, 6.45) is 1.04. The maximum Gasteiger partial charge on any atom is 0.188 e. The molecule has 0 saturated carbocycles. The van der Waals surface area contributed by atoms with Gasteiger partial charge in [-0.15, -0.1) is 24.0 Å². The zero-order valence-corrected chi connectivity index (χ0v) is 15.1. The van der Waals surface area contributed by atoms with Gasteiger partial charge < -0.3 is 15.8 Å². The number of methoxy groups -OCH3 is 1. The third kappa shape index (κ3) is 5.98. The summed E-state index contributed by atoms with van der Waals surface area (Å²) in [5.41, 5.74) is 6.93. The Balaban J connectivity index is 0.00000361. The lowest BCUT2D eigenvalue weighted by Gasteiger charge is -2.23. The highest BCUT2D eigenvalue weighted by molar-refractivity contribution is 14.0. The van der Waals surface area contributed by atoms with Crippen LogP contribution in [0.1, 0.15) is 32.8 Å². The molecule has 0 aliphatic rings. The molecule has 0 heterocycles. The van der Waals surface area contributed by atoms with Crippen LogP contribution in [-0.4, -0.2) is 26.2 Å². The molecule has 0 aliphatic carbocycles. The first kappa shape index (κ1) is 19.0. The number of nitrogens with zero attached hydrogens (tertiary/aromatic N) is 1. The zero-order valence-electron chi connectivity index (χ0n) is 12.8. The Bertz CT molecular complexity index is 433. The zero-order chi connectivity index (χ0) is 14.3. The molecule has 114 valence electrons. The van der Waals surface area contributed by atoms with Crippen molar-refractivity contribution in [1.29, 1.82) is 0 Å². The van der Waals surface area contributed by atoms with Gasteiger partial charge in [0.25, 0.3) is 0 Å². The fourth-order valence-electron chi connectivity index (χ4n) is 1.73. The van der Waals surface area contributed by atoms with E-state index in [1.54, 1.807) is 7.11 Å². The average molecular weight is 391 g/mol. The Morgan fingerprint density at radius 2 is 2.10 bits per heavy atom. The van der Waals surface area contributed by atoms with Gasteiger partial charge in [-0.05, 0) is 24.1 Å². The van der Waals surface area contributed by atoms with E-state index in [0.717, 1.165) is 18.7 Å². The van der Waals surface area contributed by atoms with E-state index >= 15 is 0 Å².